The van der Waals surface area contributed by atoms with Crippen molar-refractivity contribution in [3.05, 3.63) is 24.3 Å². The topological polar surface area (TPSA) is 78.0 Å². The van der Waals surface area contributed by atoms with Gasteiger partial charge in [0.1, 0.15) is 0 Å². The maximum Gasteiger partial charge on any atom is 0.243 e. The monoisotopic (exact) mass is 469 g/mol. The molecule has 1 saturated carbocycles. The van der Waals surface area contributed by atoms with Crippen LogP contribution < -0.4 is 0 Å². The van der Waals surface area contributed by atoms with Gasteiger partial charge in [-0.05, 0) is 49.9 Å². The third-order valence-corrected chi connectivity index (χ3v) is 10.9. The predicted octanol–water partition coefficient (Wildman–Crippen LogP) is 2.89. The van der Waals surface area contributed by atoms with E-state index in [1.807, 2.05) is 0 Å². The minimum Gasteiger partial charge on any atom is -0.298 e. The Hall–Kier alpha value is -1.00. The molecule has 7 nitrogen and oxygen atoms in total. The van der Waals surface area contributed by atoms with Gasteiger partial charge in [-0.1, -0.05) is 32.1 Å². The summed E-state index contributed by atoms with van der Waals surface area (Å²) in [6.45, 7) is 3.59. The van der Waals surface area contributed by atoms with Crippen LogP contribution in [0.5, 0.6) is 0 Å². The first-order valence-electron chi connectivity index (χ1n) is 11.7. The van der Waals surface area contributed by atoms with Crippen molar-refractivity contribution in [2.24, 2.45) is 0 Å². The van der Waals surface area contributed by atoms with E-state index >= 15 is 0 Å². The first-order valence-corrected chi connectivity index (χ1v) is 14.6. The number of sulfonamides is 2. The molecule has 2 saturated heterocycles. The Balaban J connectivity index is 1.42. The largest absolute Gasteiger partial charge is 0.298 e. The van der Waals surface area contributed by atoms with E-state index in [0.29, 0.717) is 32.2 Å². The van der Waals surface area contributed by atoms with Crippen molar-refractivity contribution >= 4 is 20.0 Å². The van der Waals surface area contributed by atoms with Gasteiger partial charge in [-0.3, -0.25) is 4.90 Å². The maximum absolute atomic E-state index is 13.1. The summed E-state index contributed by atoms with van der Waals surface area (Å²) in [5.41, 5.74) is 0. The van der Waals surface area contributed by atoms with Gasteiger partial charge >= 0.3 is 0 Å². The normalized spacial score (nSPS) is 24.1. The van der Waals surface area contributed by atoms with Crippen LogP contribution in [0, 0.1) is 0 Å². The Labute approximate surface area is 187 Å². The second-order valence-corrected chi connectivity index (χ2v) is 12.9. The van der Waals surface area contributed by atoms with Crippen LogP contribution in [0.1, 0.15) is 57.8 Å². The van der Waals surface area contributed by atoms with E-state index in [4.69, 9.17) is 0 Å². The Morgan fingerprint density at radius 3 is 1.45 bits per heavy atom. The smallest absolute Gasteiger partial charge is 0.243 e. The average Bonchev–Trinajstić information content (AvgIpc) is 3.10. The van der Waals surface area contributed by atoms with Gasteiger partial charge in [-0.15, -0.1) is 0 Å². The molecule has 31 heavy (non-hydrogen) atoms. The van der Waals surface area contributed by atoms with Crippen molar-refractivity contribution in [2.45, 2.75) is 73.6 Å². The fourth-order valence-corrected chi connectivity index (χ4v) is 8.06. The summed E-state index contributed by atoms with van der Waals surface area (Å²) in [7, 11) is -7.18. The van der Waals surface area contributed by atoms with Crippen molar-refractivity contribution in [1.82, 2.24) is 13.5 Å². The number of rotatable bonds is 5. The molecule has 1 aromatic carbocycles. The second-order valence-electron chi connectivity index (χ2n) is 9.02. The van der Waals surface area contributed by atoms with Crippen molar-refractivity contribution in [1.29, 1.82) is 0 Å². The molecule has 0 N–H and O–H groups in total. The van der Waals surface area contributed by atoms with Gasteiger partial charge in [0, 0.05) is 45.3 Å². The van der Waals surface area contributed by atoms with Gasteiger partial charge in [0.05, 0.1) is 9.79 Å². The standard InChI is InChI=1S/C22H35N3O4S2/c26-30(27,24-14-6-1-2-7-15-24)21-10-12-22(13-11-21)31(28,29)25-18-16-23(17-19-25)20-8-4-3-5-9-20/h10-13,20H,1-9,14-19H2. The van der Waals surface area contributed by atoms with Crippen molar-refractivity contribution in [2.75, 3.05) is 39.3 Å². The highest BCUT2D eigenvalue weighted by Gasteiger charge is 2.32. The van der Waals surface area contributed by atoms with Crippen molar-refractivity contribution in [3.8, 4) is 0 Å². The Morgan fingerprint density at radius 2 is 0.968 bits per heavy atom. The Morgan fingerprint density at radius 1 is 0.548 bits per heavy atom. The summed E-state index contributed by atoms with van der Waals surface area (Å²) in [4.78, 5) is 2.80. The molecule has 0 aromatic heterocycles. The van der Waals surface area contributed by atoms with Gasteiger partial charge in [0.25, 0.3) is 0 Å². The van der Waals surface area contributed by atoms with Crippen LogP contribution >= 0.6 is 0 Å². The molecule has 0 amide bonds. The highest BCUT2D eigenvalue weighted by Crippen LogP contribution is 2.26. The fraction of sp³-hybridized carbons (Fsp3) is 0.727. The second kappa shape index (κ2) is 9.87. The Bertz CT molecular complexity index is 925. The van der Waals surface area contributed by atoms with Crippen LogP contribution in [-0.2, 0) is 20.0 Å². The molecule has 0 atom stereocenters. The summed E-state index contributed by atoms with van der Waals surface area (Å²) in [6.07, 6.45) is 10.2. The minimum absolute atomic E-state index is 0.174. The molecule has 0 bridgehead atoms. The SMILES string of the molecule is O=S(=O)(c1ccc(S(=O)(=O)N2CCN(C3CCCCC3)CC2)cc1)N1CCCCCC1. The highest BCUT2D eigenvalue weighted by molar-refractivity contribution is 7.89. The summed E-state index contributed by atoms with van der Waals surface area (Å²) in [6, 6.07) is 6.40. The summed E-state index contributed by atoms with van der Waals surface area (Å²) >= 11 is 0. The van der Waals surface area contributed by atoms with Crippen LogP contribution in [0.4, 0.5) is 0 Å². The summed E-state index contributed by atoms with van der Waals surface area (Å²) in [5, 5.41) is 0. The molecular formula is C22H35N3O4S2. The number of hydrogen-bond donors (Lipinski definition) is 0. The molecule has 3 fully saturated rings. The van der Waals surface area contributed by atoms with E-state index in [0.717, 1.165) is 38.8 Å². The van der Waals surface area contributed by atoms with E-state index < -0.39 is 20.0 Å². The van der Waals surface area contributed by atoms with E-state index in [2.05, 4.69) is 4.90 Å². The summed E-state index contributed by atoms with van der Waals surface area (Å²) in [5.74, 6) is 0. The van der Waals surface area contributed by atoms with Crippen LogP contribution in [0.25, 0.3) is 0 Å². The molecule has 9 heteroatoms. The molecule has 2 aliphatic heterocycles. The molecule has 2 heterocycles. The fourth-order valence-electron chi connectivity index (χ4n) is 5.12. The van der Waals surface area contributed by atoms with Gasteiger partial charge in [0.2, 0.25) is 20.0 Å². The minimum atomic E-state index is -3.61. The first kappa shape index (κ1) is 23.2. The van der Waals surface area contributed by atoms with Gasteiger partial charge < -0.3 is 0 Å². The molecule has 1 aliphatic carbocycles. The lowest BCUT2D eigenvalue weighted by Crippen LogP contribution is -2.52. The van der Waals surface area contributed by atoms with Crippen LogP contribution in [-0.4, -0.2) is 75.7 Å². The summed E-state index contributed by atoms with van der Waals surface area (Å²) < 4.78 is 55.2. The highest BCUT2D eigenvalue weighted by atomic mass is 32.2. The average molecular weight is 470 g/mol. The lowest BCUT2D eigenvalue weighted by molar-refractivity contribution is 0.111. The lowest BCUT2D eigenvalue weighted by atomic mass is 9.94. The molecule has 0 radical (unpaired) electrons. The van der Waals surface area contributed by atoms with E-state index in [1.165, 1.54) is 60.7 Å². The third kappa shape index (κ3) is 5.16. The van der Waals surface area contributed by atoms with Crippen LogP contribution in [0.2, 0.25) is 0 Å². The number of piperazine rings is 1. The van der Waals surface area contributed by atoms with Gasteiger partial charge in [0.15, 0.2) is 0 Å². The van der Waals surface area contributed by atoms with Crippen molar-refractivity contribution in [3.63, 3.8) is 0 Å². The molecule has 174 valence electrons. The zero-order valence-electron chi connectivity index (χ0n) is 18.3. The van der Waals surface area contributed by atoms with Crippen LogP contribution in [0.15, 0.2) is 34.1 Å². The quantitative estimate of drug-likeness (QED) is 0.663. The number of benzene rings is 1. The van der Waals surface area contributed by atoms with E-state index in [1.54, 1.807) is 4.31 Å². The molecule has 4 rings (SSSR count). The lowest BCUT2D eigenvalue weighted by Gasteiger charge is -2.40. The molecule has 0 spiro atoms. The van der Waals surface area contributed by atoms with E-state index in [-0.39, 0.29) is 9.79 Å². The van der Waals surface area contributed by atoms with E-state index in [9.17, 15) is 16.8 Å². The third-order valence-electron chi connectivity index (χ3n) is 7.03. The maximum atomic E-state index is 13.1. The predicted molar refractivity (Wildman–Crippen MR) is 121 cm³/mol. The molecule has 0 unspecified atom stereocenters. The zero-order chi connectivity index (χ0) is 21.9. The first-order chi connectivity index (χ1) is 14.9. The zero-order valence-corrected chi connectivity index (χ0v) is 19.9. The Kier molecular flexibility index (Phi) is 7.37. The molecular weight excluding hydrogens is 434 g/mol. The number of hydrogen-bond acceptors (Lipinski definition) is 5. The van der Waals surface area contributed by atoms with Crippen molar-refractivity contribution < 1.29 is 16.8 Å². The molecule has 1 aromatic rings. The van der Waals surface area contributed by atoms with Gasteiger partial charge in [-0.25, -0.2) is 16.8 Å². The molecule has 3 aliphatic rings. The number of nitrogens with zero attached hydrogens (tertiary/aromatic N) is 3. The van der Waals surface area contributed by atoms with Gasteiger partial charge in [-0.2, -0.15) is 8.61 Å². The van der Waals surface area contributed by atoms with Crippen LogP contribution in [0.3, 0.4) is 0 Å².